The summed E-state index contributed by atoms with van der Waals surface area (Å²) in [7, 11) is 0.533. The molecule has 0 saturated carbocycles. The highest BCUT2D eigenvalue weighted by atomic mass is 16.4. The van der Waals surface area contributed by atoms with Gasteiger partial charge in [-0.2, -0.15) is 0 Å². The number of likely N-dealkylation sites (N-methyl/N-ethyl adjacent to an activating group) is 1. The number of carbonyl (C=O) groups excluding carboxylic acids is 1. The summed E-state index contributed by atoms with van der Waals surface area (Å²) in [4.78, 5) is 15.8. The van der Waals surface area contributed by atoms with E-state index in [0.29, 0.717) is 25.6 Å². The molecule has 3 N–H and O–H groups in total. The van der Waals surface area contributed by atoms with Gasteiger partial charge >= 0.3 is 7.12 Å². The molecule has 0 aromatic carbocycles. The summed E-state index contributed by atoms with van der Waals surface area (Å²) in [5, 5.41) is 21.8. The van der Waals surface area contributed by atoms with Crippen LogP contribution in [0.5, 0.6) is 0 Å². The van der Waals surface area contributed by atoms with E-state index in [1.807, 2.05) is 7.05 Å². The van der Waals surface area contributed by atoms with Crippen LogP contribution in [0.2, 0.25) is 0 Å². The second-order valence-corrected chi connectivity index (χ2v) is 5.27. The zero-order valence-electron chi connectivity index (χ0n) is 10.9. The fraction of sp³-hybridized carbons (Fsp3) is 0.909. The summed E-state index contributed by atoms with van der Waals surface area (Å²) in [6.45, 7) is 2.92. The van der Waals surface area contributed by atoms with Gasteiger partial charge in [-0.05, 0) is 32.9 Å². The van der Waals surface area contributed by atoms with Gasteiger partial charge in [0.2, 0.25) is 5.91 Å². The van der Waals surface area contributed by atoms with E-state index in [-0.39, 0.29) is 5.91 Å². The molecule has 18 heavy (non-hydrogen) atoms. The first-order valence-electron chi connectivity index (χ1n) is 6.66. The van der Waals surface area contributed by atoms with Crippen molar-refractivity contribution >= 4 is 13.0 Å². The third kappa shape index (κ3) is 3.03. The van der Waals surface area contributed by atoms with Gasteiger partial charge in [-0.3, -0.25) is 9.69 Å². The van der Waals surface area contributed by atoms with Gasteiger partial charge in [-0.1, -0.05) is 0 Å². The normalized spacial score (nSPS) is 28.1. The number of rotatable bonds is 4. The van der Waals surface area contributed by atoms with Crippen LogP contribution < -0.4 is 5.32 Å². The number of hydrogen-bond acceptors (Lipinski definition) is 5. The van der Waals surface area contributed by atoms with Gasteiger partial charge in [-0.15, -0.1) is 0 Å². The monoisotopic (exact) mass is 255 g/mol. The Morgan fingerprint density at radius 2 is 2.28 bits per heavy atom. The zero-order valence-corrected chi connectivity index (χ0v) is 10.9. The molecule has 2 rings (SSSR count). The second kappa shape index (κ2) is 6.01. The summed E-state index contributed by atoms with van der Waals surface area (Å²) in [6.07, 6.45) is 2.59. The van der Waals surface area contributed by atoms with E-state index in [2.05, 4.69) is 10.2 Å². The highest BCUT2D eigenvalue weighted by Gasteiger charge is 2.37. The maximum atomic E-state index is 12.2. The van der Waals surface area contributed by atoms with Crippen LogP contribution in [-0.2, 0) is 4.79 Å². The molecule has 2 fully saturated rings. The average molecular weight is 255 g/mol. The molecule has 0 aliphatic carbocycles. The summed E-state index contributed by atoms with van der Waals surface area (Å²) in [5.41, 5.74) is 0. The van der Waals surface area contributed by atoms with Crippen molar-refractivity contribution < 1.29 is 14.8 Å². The molecule has 0 bridgehead atoms. The smallest absolute Gasteiger partial charge is 0.426 e. The highest BCUT2D eigenvalue weighted by Crippen LogP contribution is 2.18. The molecule has 102 valence electrons. The van der Waals surface area contributed by atoms with Crippen molar-refractivity contribution in [1.82, 2.24) is 15.1 Å². The fourth-order valence-corrected chi connectivity index (χ4v) is 2.86. The van der Waals surface area contributed by atoms with E-state index in [0.717, 1.165) is 25.9 Å². The Labute approximate surface area is 108 Å². The first-order valence-corrected chi connectivity index (χ1v) is 6.66. The lowest BCUT2D eigenvalue weighted by atomic mass is 9.78. The van der Waals surface area contributed by atoms with E-state index < -0.39 is 13.1 Å². The third-order valence-corrected chi connectivity index (χ3v) is 4.01. The molecule has 2 atom stereocenters. The molecule has 2 saturated heterocycles. The molecule has 0 radical (unpaired) electrons. The van der Waals surface area contributed by atoms with Gasteiger partial charge in [-0.25, -0.2) is 0 Å². The Balaban J connectivity index is 1.86. The Morgan fingerprint density at radius 1 is 1.50 bits per heavy atom. The Kier molecular flexibility index (Phi) is 4.61. The standard InChI is InChI=1S/C11H22BN3O3/c1-14(9-4-5-13-7-9)8-11(16)15-6-2-3-10(15)12(17)18/h9-10,13,17-18H,2-8H2,1H3/t9-,10-/m0/s1. The number of hydrogen-bond donors (Lipinski definition) is 3. The summed E-state index contributed by atoms with van der Waals surface area (Å²) >= 11 is 0. The highest BCUT2D eigenvalue weighted by molar-refractivity contribution is 6.43. The molecular formula is C11H22BN3O3. The van der Waals surface area contributed by atoms with Crippen molar-refractivity contribution in [2.45, 2.75) is 31.2 Å². The van der Waals surface area contributed by atoms with Crippen molar-refractivity contribution in [3.8, 4) is 0 Å². The van der Waals surface area contributed by atoms with Crippen LogP contribution in [0.15, 0.2) is 0 Å². The molecule has 2 aliphatic heterocycles. The molecule has 0 spiro atoms. The van der Waals surface area contributed by atoms with E-state index in [9.17, 15) is 14.8 Å². The maximum Gasteiger partial charge on any atom is 0.475 e. The molecule has 6 nitrogen and oxygen atoms in total. The van der Waals surface area contributed by atoms with Crippen molar-refractivity contribution in [3.63, 3.8) is 0 Å². The number of carbonyl (C=O) groups is 1. The van der Waals surface area contributed by atoms with Gasteiger partial charge in [0.1, 0.15) is 0 Å². The van der Waals surface area contributed by atoms with Crippen LogP contribution >= 0.6 is 0 Å². The van der Waals surface area contributed by atoms with Crippen LogP contribution in [0.1, 0.15) is 19.3 Å². The summed E-state index contributed by atoms with van der Waals surface area (Å²) in [5.74, 6) is -0.424. The Hall–Kier alpha value is -0.625. The second-order valence-electron chi connectivity index (χ2n) is 5.27. The van der Waals surface area contributed by atoms with Crippen molar-refractivity contribution in [2.24, 2.45) is 0 Å². The lowest BCUT2D eigenvalue weighted by Crippen LogP contribution is -2.50. The van der Waals surface area contributed by atoms with Crippen LogP contribution in [0.4, 0.5) is 0 Å². The largest absolute Gasteiger partial charge is 0.475 e. The maximum absolute atomic E-state index is 12.2. The number of likely N-dealkylation sites (tertiary alicyclic amines) is 1. The lowest BCUT2D eigenvalue weighted by Gasteiger charge is -2.28. The molecule has 2 aliphatic rings. The van der Waals surface area contributed by atoms with E-state index in [1.165, 1.54) is 0 Å². The number of nitrogens with one attached hydrogen (secondary N) is 1. The van der Waals surface area contributed by atoms with Crippen LogP contribution in [-0.4, -0.2) is 78.1 Å². The van der Waals surface area contributed by atoms with Gasteiger partial charge in [0, 0.05) is 19.1 Å². The molecule has 7 heteroatoms. The number of amides is 1. The minimum atomic E-state index is -1.42. The van der Waals surface area contributed by atoms with Gasteiger partial charge in [0.25, 0.3) is 0 Å². The third-order valence-electron chi connectivity index (χ3n) is 4.01. The van der Waals surface area contributed by atoms with Crippen LogP contribution in [0.25, 0.3) is 0 Å². The molecular weight excluding hydrogens is 233 g/mol. The summed E-state index contributed by atoms with van der Waals surface area (Å²) < 4.78 is 0. The van der Waals surface area contributed by atoms with Crippen LogP contribution in [0.3, 0.4) is 0 Å². The molecule has 0 unspecified atom stereocenters. The van der Waals surface area contributed by atoms with Crippen molar-refractivity contribution in [3.05, 3.63) is 0 Å². The number of nitrogens with zero attached hydrogens (tertiary/aromatic N) is 2. The van der Waals surface area contributed by atoms with Gasteiger partial charge < -0.3 is 20.3 Å². The first kappa shape index (κ1) is 13.8. The zero-order chi connectivity index (χ0) is 13.1. The van der Waals surface area contributed by atoms with E-state index >= 15 is 0 Å². The van der Waals surface area contributed by atoms with Crippen LogP contribution in [0, 0.1) is 0 Å². The minimum Gasteiger partial charge on any atom is -0.426 e. The van der Waals surface area contributed by atoms with Crippen molar-refractivity contribution in [2.75, 3.05) is 33.2 Å². The molecule has 0 aromatic heterocycles. The Morgan fingerprint density at radius 3 is 2.89 bits per heavy atom. The predicted octanol–water partition coefficient (Wildman–Crippen LogP) is -1.72. The van der Waals surface area contributed by atoms with Gasteiger partial charge in [0.05, 0.1) is 12.5 Å². The molecule has 1 amide bonds. The topological polar surface area (TPSA) is 76.0 Å². The quantitative estimate of drug-likeness (QED) is 0.521. The lowest BCUT2D eigenvalue weighted by molar-refractivity contribution is -0.132. The Bertz CT molecular complexity index is 297. The van der Waals surface area contributed by atoms with E-state index in [1.54, 1.807) is 4.90 Å². The minimum absolute atomic E-state index is 0. The van der Waals surface area contributed by atoms with E-state index in [4.69, 9.17) is 0 Å². The van der Waals surface area contributed by atoms with Crippen molar-refractivity contribution in [1.29, 1.82) is 0 Å². The summed E-state index contributed by atoms with van der Waals surface area (Å²) in [6, 6.07) is 0.411. The molecule has 0 aromatic rings. The fourth-order valence-electron chi connectivity index (χ4n) is 2.86. The first-order chi connectivity index (χ1) is 8.59. The predicted molar refractivity (Wildman–Crippen MR) is 68.8 cm³/mol. The average Bonchev–Trinajstić information content (AvgIpc) is 3.00. The molecule has 2 heterocycles. The van der Waals surface area contributed by atoms with Gasteiger partial charge in [0.15, 0.2) is 0 Å². The SMILES string of the molecule is CN(CC(=O)N1CCC[C@H]1B(O)O)[C@H]1CCNC1.